The van der Waals surface area contributed by atoms with E-state index in [2.05, 4.69) is 31.9 Å². The molecule has 2 aromatic carbocycles. The summed E-state index contributed by atoms with van der Waals surface area (Å²) >= 11 is 8.62. The minimum atomic E-state index is -0.421. The Morgan fingerprint density at radius 2 is 1.85 bits per heavy atom. The maximum Gasteiger partial charge on any atom is 0.261 e. The van der Waals surface area contributed by atoms with Crippen molar-refractivity contribution in [3.05, 3.63) is 82.2 Å². The quantitative estimate of drug-likeness (QED) is 0.282. The molecular formula is C23H22BrN3O5S. The van der Waals surface area contributed by atoms with Crippen molar-refractivity contribution in [2.45, 2.75) is 6.54 Å². The molecule has 3 rings (SSSR count). The van der Waals surface area contributed by atoms with Gasteiger partial charge in [-0.15, -0.1) is 0 Å². The molecule has 0 unspecified atom stereocenters. The molecule has 0 aliphatic rings. The van der Waals surface area contributed by atoms with Crippen molar-refractivity contribution in [2.75, 3.05) is 25.6 Å². The number of carbonyl (C=O) groups excluding carboxylic acids is 2. The van der Waals surface area contributed by atoms with Gasteiger partial charge < -0.3 is 24.5 Å². The predicted octanol–water partition coefficient (Wildman–Crippen LogP) is 4.12. The Morgan fingerprint density at radius 1 is 1.06 bits per heavy atom. The van der Waals surface area contributed by atoms with E-state index in [-0.39, 0.29) is 11.0 Å². The number of carbonyl (C=O) groups is 2. The molecule has 0 fully saturated rings. The number of ether oxygens (including phenoxy) is 2. The van der Waals surface area contributed by atoms with Gasteiger partial charge in [-0.1, -0.05) is 15.9 Å². The molecule has 0 spiro atoms. The molecule has 0 aliphatic heterocycles. The second kappa shape index (κ2) is 12.1. The number of rotatable bonds is 9. The van der Waals surface area contributed by atoms with Gasteiger partial charge in [0.05, 0.1) is 25.0 Å². The fourth-order valence-electron chi connectivity index (χ4n) is 2.76. The third-order valence-electron chi connectivity index (χ3n) is 4.37. The zero-order chi connectivity index (χ0) is 23.6. The smallest absolute Gasteiger partial charge is 0.261 e. The molecule has 0 radical (unpaired) electrons. The first-order chi connectivity index (χ1) is 16.0. The van der Waals surface area contributed by atoms with Crippen LogP contribution in [0.15, 0.2) is 69.8 Å². The Kier molecular flexibility index (Phi) is 8.99. The van der Waals surface area contributed by atoms with Gasteiger partial charge in [-0.05, 0) is 66.8 Å². The average Bonchev–Trinajstić information content (AvgIpc) is 3.32. The molecule has 0 bridgehead atoms. The van der Waals surface area contributed by atoms with Crippen molar-refractivity contribution in [1.82, 2.24) is 10.6 Å². The molecule has 172 valence electrons. The Hall–Kier alpha value is -3.21. The highest BCUT2D eigenvalue weighted by Crippen LogP contribution is 2.23. The minimum Gasteiger partial charge on any atom is -0.490 e. The number of hydrogen-bond acceptors (Lipinski definition) is 6. The zero-order valence-corrected chi connectivity index (χ0v) is 20.1. The van der Waals surface area contributed by atoms with E-state index in [4.69, 9.17) is 26.1 Å². The fourth-order valence-corrected chi connectivity index (χ4v) is 3.33. The number of anilines is 1. The van der Waals surface area contributed by atoms with E-state index in [1.807, 2.05) is 0 Å². The van der Waals surface area contributed by atoms with Gasteiger partial charge in [0.1, 0.15) is 18.1 Å². The van der Waals surface area contributed by atoms with E-state index in [0.29, 0.717) is 48.1 Å². The molecule has 8 nitrogen and oxygen atoms in total. The lowest BCUT2D eigenvalue weighted by molar-refractivity contribution is 0.0945. The van der Waals surface area contributed by atoms with Crippen LogP contribution in [0.5, 0.6) is 5.75 Å². The predicted molar refractivity (Wildman–Crippen MR) is 132 cm³/mol. The largest absolute Gasteiger partial charge is 0.490 e. The number of halogens is 1. The first-order valence-electron chi connectivity index (χ1n) is 9.90. The lowest BCUT2D eigenvalue weighted by atomic mass is 10.2. The SMILES string of the molecule is COCCOc1ccc(Br)cc1C(=O)NC(=S)Nc1ccc(C(=O)NCc2ccco2)cc1. The third kappa shape index (κ3) is 7.41. The van der Waals surface area contributed by atoms with Gasteiger partial charge in [-0.25, -0.2) is 0 Å². The Bertz CT molecular complexity index is 1100. The number of nitrogens with one attached hydrogen (secondary N) is 3. The van der Waals surface area contributed by atoms with Crippen LogP contribution >= 0.6 is 28.1 Å². The summed E-state index contributed by atoms with van der Waals surface area (Å²) in [6, 6.07) is 15.4. The van der Waals surface area contributed by atoms with Crippen molar-refractivity contribution < 1.29 is 23.5 Å². The van der Waals surface area contributed by atoms with Crippen LogP contribution in [0.3, 0.4) is 0 Å². The second-order valence-corrected chi connectivity index (χ2v) is 8.05. The number of methoxy groups -OCH3 is 1. The number of hydrogen-bond donors (Lipinski definition) is 3. The Morgan fingerprint density at radius 3 is 2.55 bits per heavy atom. The molecule has 0 atom stereocenters. The summed E-state index contributed by atoms with van der Waals surface area (Å²) in [6.07, 6.45) is 1.55. The third-order valence-corrected chi connectivity index (χ3v) is 5.06. The summed E-state index contributed by atoms with van der Waals surface area (Å²) in [5.74, 6) is 0.431. The number of thiocarbonyl (C=S) groups is 1. The van der Waals surface area contributed by atoms with Crippen LogP contribution in [0.2, 0.25) is 0 Å². The topological polar surface area (TPSA) is 102 Å². The summed E-state index contributed by atoms with van der Waals surface area (Å²) in [4.78, 5) is 25.0. The van der Waals surface area contributed by atoms with E-state index < -0.39 is 5.91 Å². The summed E-state index contributed by atoms with van der Waals surface area (Å²) in [5.41, 5.74) is 1.43. The van der Waals surface area contributed by atoms with E-state index in [1.54, 1.807) is 68.0 Å². The van der Waals surface area contributed by atoms with Crippen LogP contribution in [0.1, 0.15) is 26.5 Å². The van der Waals surface area contributed by atoms with Gasteiger partial charge in [0.15, 0.2) is 5.11 Å². The van der Waals surface area contributed by atoms with Gasteiger partial charge in [0.2, 0.25) is 0 Å². The van der Waals surface area contributed by atoms with Crippen molar-refractivity contribution in [3.63, 3.8) is 0 Å². The molecule has 0 saturated heterocycles. The lowest BCUT2D eigenvalue weighted by Crippen LogP contribution is -2.34. The van der Waals surface area contributed by atoms with Crippen LogP contribution in [0, 0.1) is 0 Å². The minimum absolute atomic E-state index is 0.109. The van der Waals surface area contributed by atoms with Crippen LogP contribution < -0.4 is 20.7 Å². The molecule has 1 heterocycles. The lowest BCUT2D eigenvalue weighted by Gasteiger charge is -2.13. The molecule has 3 N–H and O–H groups in total. The zero-order valence-electron chi connectivity index (χ0n) is 17.7. The maximum absolute atomic E-state index is 12.7. The van der Waals surface area contributed by atoms with Crippen LogP contribution in [0.4, 0.5) is 5.69 Å². The molecule has 0 saturated carbocycles. The van der Waals surface area contributed by atoms with Crippen LogP contribution in [-0.2, 0) is 11.3 Å². The maximum atomic E-state index is 12.7. The van der Waals surface area contributed by atoms with Gasteiger partial charge in [-0.2, -0.15) is 0 Å². The van der Waals surface area contributed by atoms with Crippen LogP contribution in [-0.4, -0.2) is 37.3 Å². The van der Waals surface area contributed by atoms with Gasteiger partial charge in [0, 0.05) is 22.8 Å². The monoisotopic (exact) mass is 531 g/mol. The van der Waals surface area contributed by atoms with Crippen molar-refractivity contribution in [2.24, 2.45) is 0 Å². The number of benzene rings is 2. The highest BCUT2D eigenvalue weighted by molar-refractivity contribution is 9.10. The number of amides is 2. The first-order valence-corrected chi connectivity index (χ1v) is 11.1. The summed E-state index contributed by atoms with van der Waals surface area (Å²) < 4.78 is 16.5. The summed E-state index contributed by atoms with van der Waals surface area (Å²) in [6.45, 7) is 1.01. The molecule has 10 heteroatoms. The van der Waals surface area contributed by atoms with Crippen molar-refractivity contribution >= 4 is 50.8 Å². The highest BCUT2D eigenvalue weighted by Gasteiger charge is 2.15. The van der Waals surface area contributed by atoms with E-state index in [9.17, 15) is 9.59 Å². The number of furan rings is 1. The van der Waals surface area contributed by atoms with E-state index in [0.717, 1.165) is 4.47 Å². The molecule has 0 aliphatic carbocycles. The summed E-state index contributed by atoms with van der Waals surface area (Å²) in [7, 11) is 1.57. The summed E-state index contributed by atoms with van der Waals surface area (Å²) in [5, 5.41) is 8.45. The second-order valence-electron chi connectivity index (χ2n) is 6.73. The molecule has 3 aromatic rings. The molecule has 2 amide bonds. The molecular weight excluding hydrogens is 510 g/mol. The average molecular weight is 532 g/mol. The fraction of sp³-hybridized carbons (Fsp3) is 0.174. The normalized spacial score (nSPS) is 10.4. The van der Waals surface area contributed by atoms with Crippen molar-refractivity contribution in [1.29, 1.82) is 0 Å². The first kappa shape index (κ1) is 24.4. The van der Waals surface area contributed by atoms with Crippen LogP contribution in [0.25, 0.3) is 0 Å². The van der Waals surface area contributed by atoms with Gasteiger partial charge in [0.25, 0.3) is 11.8 Å². The van der Waals surface area contributed by atoms with Gasteiger partial charge in [-0.3, -0.25) is 14.9 Å². The standard InChI is InChI=1S/C23H22BrN3O5S/c1-30-11-12-32-20-9-6-16(24)13-19(20)22(29)27-23(33)26-17-7-4-15(5-8-17)21(28)25-14-18-3-2-10-31-18/h2-10,13H,11-12,14H2,1H3,(H,25,28)(H2,26,27,29,33). The van der Waals surface area contributed by atoms with Crippen molar-refractivity contribution in [3.8, 4) is 5.75 Å². The molecule has 1 aromatic heterocycles. The highest BCUT2D eigenvalue weighted by atomic mass is 79.9. The molecule has 33 heavy (non-hydrogen) atoms. The van der Waals surface area contributed by atoms with E-state index >= 15 is 0 Å². The van der Waals surface area contributed by atoms with E-state index in [1.165, 1.54) is 0 Å². The Labute approximate surface area is 204 Å². The Balaban J connectivity index is 1.55. The van der Waals surface area contributed by atoms with Gasteiger partial charge >= 0.3 is 0 Å².